The fourth-order valence-electron chi connectivity index (χ4n) is 4.53. The summed E-state index contributed by atoms with van der Waals surface area (Å²) in [7, 11) is 4.10. The molecule has 2 aliphatic rings. The summed E-state index contributed by atoms with van der Waals surface area (Å²) in [5.74, 6) is -5.63. The highest BCUT2D eigenvalue weighted by Gasteiger charge is 2.51. The average molecular weight is 532 g/mol. The fourth-order valence-corrected chi connectivity index (χ4v) is 4.53. The minimum absolute atomic E-state index is 0. The zero-order valence-electron chi connectivity index (χ0n) is 17.4. The van der Waals surface area contributed by atoms with Crippen molar-refractivity contribution in [2.45, 2.75) is 44.1 Å². The Bertz CT molecular complexity index is 1010. The van der Waals surface area contributed by atoms with E-state index >= 15 is 0 Å². The number of hydrogen-bond acceptors (Lipinski definition) is 3. The molecule has 180 valence electrons. The Morgan fingerprint density at radius 1 is 0.939 bits per heavy atom. The molecule has 0 saturated carbocycles. The number of halogens is 5. The maximum atomic E-state index is 14.6. The van der Waals surface area contributed by atoms with Gasteiger partial charge in [-0.25, -0.2) is 22.4 Å². The topological polar surface area (TPSA) is 46.5 Å². The second kappa shape index (κ2) is 9.56. The quantitative estimate of drug-likeness (QED) is 0.279. The Labute approximate surface area is 200 Å². The number of carbonyl (C=O) groups is 1. The number of esters is 1. The van der Waals surface area contributed by atoms with E-state index in [0.717, 1.165) is 12.1 Å². The number of fused-ring (bicyclic) bond motifs is 2. The molecule has 4 nitrogen and oxygen atoms in total. The first kappa shape index (κ1) is 27.0. The highest BCUT2D eigenvalue weighted by molar-refractivity contribution is 5.85. The second-order valence-corrected chi connectivity index (χ2v) is 8.61. The molecule has 2 aromatic carbocycles. The molecule has 1 saturated heterocycles. The molecule has 33 heavy (non-hydrogen) atoms. The van der Waals surface area contributed by atoms with Crippen LogP contribution in [0.1, 0.15) is 31.4 Å². The fraction of sp³-hybridized carbons (Fsp3) is 0.375. The lowest BCUT2D eigenvalue weighted by molar-refractivity contribution is -0.926. The van der Waals surface area contributed by atoms with Crippen LogP contribution < -0.4 is 17.0 Å². The van der Waals surface area contributed by atoms with Gasteiger partial charge >= 0.3 is 5.97 Å². The standard InChI is InChI=1S/C23H22F4NO3.CH4.BrH/c1-28(2)15-5-6-16(28)12-17(11-15)31-22(29)23(30,18-9-13(24)3-7-20(18)26)19-10-14(25)4-8-21(19)27;;/h3-10,15-17,30H,11-12H2,1-2H3;1H4;1H/q+1;;/p-1/t15-,16?,17?;;/m1../s1. The Morgan fingerprint density at radius 3 is 1.79 bits per heavy atom. The van der Waals surface area contributed by atoms with Crippen molar-refractivity contribution in [1.82, 2.24) is 0 Å². The Balaban J connectivity index is 0.00000193. The molecule has 4 rings (SSSR count). The Morgan fingerprint density at radius 2 is 1.36 bits per heavy atom. The number of nitrogens with zero attached hydrogens (tertiary/aromatic N) is 1. The van der Waals surface area contributed by atoms with Gasteiger partial charge in [0.25, 0.3) is 0 Å². The molecule has 0 aliphatic carbocycles. The van der Waals surface area contributed by atoms with Crippen LogP contribution in [-0.2, 0) is 15.1 Å². The molecule has 2 aromatic rings. The summed E-state index contributed by atoms with van der Waals surface area (Å²) < 4.78 is 63.2. The van der Waals surface area contributed by atoms with Crippen molar-refractivity contribution in [3.63, 3.8) is 0 Å². The van der Waals surface area contributed by atoms with Gasteiger partial charge in [-0.2, -0.15) is 0 Å². The van der Waals surface area contributed by atoms with Gasteiger partial charge in [0, 0.05) is 24.0 Å². The van der Waals surface area contributed by atoms with Crippen LogP contribution in [0.2, 0.25) is 0 Å². The molecule has 2 heterocycles. The summed E-state index contributed by atoms with van der Waals surface area (Å²) in [6.07, 6.45) is 4.31. The van der Waals surface area contributed by atoms with Crippen LogP contribution in [0.4, 0.5) is 17.6 Å². The van der Waals surface area contributed by atoms with E-state index in [1.165, 1.54) is 0 Å². The Hall–Kier alpha value is -2.23. The number of hydrogen-bond donors (Lipinski definition) is 1. The molecule has 1 fully saturated rings. The van der Waals surface area contributed by atoms with Gasteiger partial charge < -0.3 is 31.3 Å². The van der Waals surface area contributed by atoms with Crippen LogP contribution in [0.5, 0.6) is 0 Å². The molecular weight excluding hydrogens is 506 g/mol. The van der Waals surface area contributed by atoms with Gasteiger partial charge in [-0.3, -0.25) is 0 Å². The first-order valence-electron chi connectivity index (χ1n) is 9.89. The molecule has 3 atom stereocenters. The molecule has 0 amide bonds. The highest BCUT2D eigenvalue weighted by Crippen LogP contribution is 2.39. The number of aliphatic hydroxyl groups is 1. The summed E-state index contributed by atoms with van der Waals surface area (Å²) >= 11 is 0. The predicted molar refractivity (Wildman–Crippen MR) is 110 cm³/mol. The van der Waals surface area contributed by atoms with Crippen molar-refractivity contribution in [3.8, 4) is 0 Å². The van der Waals surface area contributed by atoms with E-state index in [9.17, 15) is 27.5 Å². The van der Waals surface area contributed by atoms with Gasteiger partial charge in [0.05, 0.1) is 14.1 Å². The summed E-state index contributed by atoms with van der Waals surface area (Å²) in [5, 5.41) is 11.3. The highest BCUT2D eigenvalue weighted by atomic mass is 79.9. The lowest BCUT2D eigenvalue weighted by Gasteiger charge is -2.44. The molecule has 2 aliphatic heterocycles. The third kappa shape index (κ3) is 4.58. The van der Waals surface area contributed by atoms with Crippen LogP contribution in [0.25, 0.3) is 0 Å². The van der Waals surface area contributed by atoms with Gasteiger partial charge in [0.15, 0.2) is 0 Å². The van der Waals surface area contributed by atoms with Crippen LogP contribution in [0, 0.1) is 23.3 Å². The maximum Gasteiger partial charge on any atom is 0.348 e. The lowest BCUT2D eigenvalue weighted by atomic mass is 9.85. The number of quaternary nitrogens is 1. The van der Waals surface area contributed by atoms with E-state index in [0.29, 0.717) is 41.6 Å². The second-order valence-electron chi connectivity index (χ2n) is 8.61. The zero-order chi connectivity index (χ0) is 22.6. The third-order valence-corrected chi connectivity index (χ3v) is 6.48. The van der Waals surface area contributed by atoms with E-state index in [2.05, 4.69) is 0 Å². The van der Waals surface area contributed by atoms with Crippen molar-refractivity contribution in [2.24, 2.45) is 0 Å². The summed E-state index contributed by atoms with van der Waals surface area (Å²) in [5.41, 5.74) is -4.78. The number of benzene rings is 2. The minimum Gasteiger partial charge on any atom is -1.00 e. The van der Waals surface area contributed by atoms with Crippen LogP contribution in [-0.4, -0.2) is 47.8 Å². The Kier molecular flexibility index (Phi) is 7.83. The number of piperidine rings is 1. The summed E-state index contributed by atoms with van der Waals surface area (Å²) in [6.45, 7) is 0. The van der Waals surface area contributed by atoms with Crippen molar-refractivity contribution < 1.29 is 53.7 Å². The van der Waals surface area contributed by atoms with E-state index in [-0.39, 0.29) is 36.5 Å². The third-order valence-electron chi connectivity index (χ3n) is 6.48. The number of carbonyl (C=O) groups excluding carboxylic acids is 1. The largest absolute Gasteiger partial charge is 1.00 e. The zero-order valence-corrected chi connectivity index (χ0v) is 19.0. The summed E-state index contributed by atoms with van der Waals surface area (Å²) in [6, 6.07) is 4.27. The summed E-state index contributed by atoms with van der Waals surface area (Å²) in [4.78, 5) is 13.2. The van der Waals surface area contributed by atoms with E-state index < -0.39 is 52.1 Å². The van der Waals surface area contributed by atoms with E-state index in [1.807, 2.05) is 26.2 Å². The molecule has 1 N–H and O–H groups in total. The van der Waals surface area contributed by atoms with Gasteiger partial charge in [-0.1, -0.05) is 7.43 Å². The van der Waals surface area contributed by atoms with Gasteiger partial charge in [0.1, 0.15) is 41.5 Å². The van der Waals surface area contributed by atoms with Crippen molar-refractivity contribution in [3.05, 3.63) is 82.9 Å². The number of rotatable bonds is 4. The number of likely N-dealkylation sites (N-methyl/N-ethyl adjacent to an activating group) is 1. The van der Waals surface area contributed by atoms with Crippen molar-refractivity contribution in [1.29, 1.82) is 0 Å². The van der Waals surface area contributed by atoms with E-state index in [1.54, 1.807) is 0 Å². The van der Waals surface area contributed by atoms with Crippen LogP contribution >= 0.6 is 0 Å². The van der Waals surface area contributed by atoms with Crippen LogP contribution in [0.3, 0.4) is 0 Å². The van der Waals surface area contributed by atoms with Gasteiger partial charge in [-0.15, -0.1) is 0 Å². The van der Waals surface area contributed by atoms with Crippen LogP contribution in [0.15, 0.2) is 48.6 Å². The van der Waals surface area contributed by atoms with Crippen molar-refractivity contribution >= 4 is 5.97 Å². The molecule has 2 bridgehead atoms. The first-order valence-corrected chi connectivity index (χ1v) is 9.89. The van der Waals surface area contributed by atoms with Gasteiger partial charge in [-0.05, 0) is 48.6 Å². The molecular formula is C24H26BrF4NO3. The van der Waals surface area contributed by atoms with Gasteiger partial charge in [0.2, 0.25) is 5.60 Å². The lowest BCUT2D eigenvalue weighted by Crippen LogP contribution is -3.00. The minimum atomic E-state index is -3.08. The smallest absolute Gasteiger partial charge is 0.348 e. The average Bonchev–Trinajstić information content (AvgIpc) is 2.87. The van der Waals surface area contributed by atoms with E-state index in [4.69, 9.17) is 4.74 Å². The van der Waals surface area contributed by atoms with Crippen molar-refractivity contribution in [2.75, 3.05) is 14.1 Å². The number of ether oxygens (including phenoxy) is 1. The molecule has 9 heteroatoms. The normalized spacial score (nSPS) is 22.8. The maximum absolute atomic E-state index is 14.6. The monoisotopic (exact) mass is 531 g/mol. The molecule has 0 spiro atoms. The molecule has 0 aromatic heterocycles. The first-order chi connectivity index (χ1) is 14.5. The molecule has 0 radical (unpaired) electrons. The molecule has 2 unspecified atom stereocenters. The predicted octanol–water partition coefficient (Wildman–Crippen LogP) is 1.21. The SMILES string of the molecule is C.C[N+]1(C)C2C=C[C@@H]1CC(OC(=O)C(O)(c1cc(F)ccc1F)c1cc(F)ccc1F)C2.[Br-].